The van der Waals surface area contributed by atoms with E-state index >= 15 is 0 Å². The van der Waals surface area contributed by atoms with Gasteiger partial charge < -0.3 is 35.0 Å². The first-order valence-electron chi connectivity index (χ1n) is 30.4. The number of ether oxygens (including phenoxy) is 3. The van der Waals surface area contributed by atoms with Crippen LogP contribution < -0.4 is 29.6 Å². The first kappa shape index (κ1) is 68.0. The van der Waals surface area contributed by atoms with Gasteiger partial charge in [0.25, 0.3) is 0 Å². The average Bonchev–Trinajstić information content (AvgIpc) is 3.89. The summed E-state index contributed by atoms with van der Waals surface area (Å²) in [4.78, 5) is 13.2. The molecule has 0 radical (unpaired) electrons. The fourth-order valence-corrected chi connectivity index (χ4v) is 20.3. The van der Waals surface area contributed by atoms with Crippen molar-refractivity contribution in [3.63, 3.8) is 0 Å². The second kappa shape index (κ2) is 27.2. The Kier molecular flexibility index (Phi) is 24.3. The summed E-state index contributed by atoms with van der Waals surface area (Å²) in [6.45, 7) is 25.1. The molecule has 0 unspecified atom stereocenters. The third-order valence-electron chi connectivity index (χ3n) is 24.4. The van der Waals surface area contributed by atoms with Crippen molar-refractivity contribution in [1.82, 2.24) is 0 Å². The fraction of sp³-hybridized carbons (Fsp3) is 0.896. The minimum atomic E-state index is -0.634. The van der Waals surface area contributed by atoms with Crippen LogP contribution in [-0.4, -0.2) is 77.6 Å². The molecule has 8 saturated carbocycles. The van der Waals surface area contributed by atoms with Crippen LogP contribution in [0.5, 0.6) is 0 Å². The number of hydrogen-bond acceptors (Lipinski definition) is 8. The largest absolute Gasteiger partial charge is 1.00 e. The van der Waals surface area contributed by atoms with E-state index in [4.69, 9.17) is 14.2 Å². The van der Waals surface area contributed by atoms with Crippen LogP contribution in [0, 0.1) is 105 Å². The van der Waals surface area contributed by atoms with Gasteiger partial charge in [-0.1, -0.05) is 102 Å². The monoisotopic (exact) mass is 1070 g/mol. The summed E-state index contributed by atoms with van der Waals surface area (Å²) >= 11 is 0. The molecule has 0 bridgehead atoms. The summed E-state index contributed by atoms with van der Waals surface area (Å²) in [7, 11) is 3.44. The Bertz CT molecular complexity index is 1930. The topological polar surface area (TPSA) is 135 Å². The van der Waals surface area contributed by atoms with Gasteiger partial charge in [-0.15, -0.1) is 0 Å². The average molecular weight is 1070 g/mol. The molecule has 8 aliphatic carbocycles. The molecule has 20 atom stereocenters. The maximum atomic E-state index is 13.2. The maximum absolute atomic E-state index is 13.2. The molecule has 9 heteroatoms. The molecule has 0 aromatic heterocycles. The number of esters is 1. The van der Waals surface area contributed by atoms with Crippen LogP contribution in [-0.2, 0) is 14.2 Å². The van der Waals surface area contributed by atoms with E-state index in [1.165, 1.54) is 77.0 Å². The van der Waals surface area contributed by atoms with E-state index < -0.39 is 11.2 Å². The molecule has 0 saturated heterocycles. The zero-order valence-corrected chi connectivity index (χ0v) is 51.5. The van der Waals surface area contributed by atoms with Crippen molar-refractivity contribution in [1.29, 1.82) is 0 Å². The van der Waals surface area contributed by atoms with Gasteiger partial charge in [-0.05, 0) is 258 Å². The molecule has 9 rings (SSSR count). The van der Waals surface area contributed by atoms with Gasteiger partial charge in [0.05, 0.1) is 36.1 Å². The molecule has 8 fully saturated rings. The Morgan fingerprint density at radius 2 is 0.974 bits per heavy atom. The van der Waals surface area contributed by atoms with Crippen molar-refractivity contribution < 1.29 is 69.4 Å². The normalized spacial score (nSPS) is 41.6. The quantitative estimate of drug-likeness (QED) is 0.110. The number of aliphatic hydroxyl groups excluding tert-OH is 1. The van der Waals surface area contributed by atoms with E-state index in [-0.39, 0.29) is 68.1 Å². The molecule has 1 aromatic rings. The Balaban J connectivity index is 0.000000319. The predicted octanol–water partition coefficient (Wildman–Crippen LogP) is 12.9. The number of hydrogen-bond donors (Lipinski definition) is 3. The van der Waals surface area contributed by atoms with Crippen LogP contribution in [0.3, 0.4) is 0 Å². The molecule has 4 N–H and O–H groups in total. The maximum Gasteiger partial charge on any atom is 1.00 e. The minimum absolute atomic E-state index is 0. The standard InChI is InChI=1S/C36H56O4.C29H52O3.2CH4.Na.H2O/c1-24(2)12-17-32(40-33(37)26-10-8-7-9-11-26)25(3)29-15-16-30-28-14-13-27-22-36(38,23-39-6)21-20-34(27,4)31(28)18-19-35(29,30)5;1-19(2)7-12-26(30)20(3)23-10-11-24-22-9-8-21-17-29(31,18-32-6)16-15-27(21,4)25(22)13-14-28(23,24)5;;;;/h7-11,24-25,27-32,38H,12-23H2,1-6H3;19-26,30-31H,7-18H2,1-6H3;2*1H4;;1H2/q;;;;+1;/p-1/t25-,27-,28-,29+,30-,31-,32-,34-,35+,36-;20-,21-,22-,23+,24-,25-,26-,27-,28+,29-;;;;/m00..../s1. The van der Waals surface area contributed by atoms with Crippen LogP contribution in [0.2, 0.25) is 0 Å². The zero-order chi connectivity index (χ0) is 52.0. The van der Waals surface area contributed by atoms with Crippen molar-refractivity contribution in [2.24, 2.45) is 105 Å². The van der Waals surface area contributed by atoms with Crippen molar-refractivity contribution in [3.8, 4) is 0 Å². The van der Waals surface area contributed by atoms with Crippen LogP contribution in [0.1, 0.15) is 236 Å². The minimum Gasteiger partial charge on any atom is -0.870 e. The Morgan fingerprint density at radius 1 is 0.553 bits per heavy atom. The Labute approximate surface area is 488 Å². The number of carbonyl (C=O) groups is 1. The first-order chi connectivity index (χ1) is 34.0. The molecule has 76 heavy (non-hydrogen) atoms. The van der Waals surface area contributed by atoms with E-state index in [0.717, 1.165) is 99.7 Å². The molecule has 0 heterocycles. The van der Waals surface area contributed by atoms with E-state index in [1.54, 1.807) is 14.2 Å². The van der Waals surface area contributed by atoms with E-state index in [0.29, 0.717) is 87.8 Å². The number of rotatable bonds is 16. The molecule has 0 aliphatic heterocycles. The molecule has 0 spiro atoms. The van der Waals surface area contributed by atoms with Crippen LogP contribution in [0.4, 0.5) is 0 Å². The number of aliphatic hydroxyl groups is 3. The summed E-state index contributed by atoms with van der Waals surface area (Å²) in [6.07, 6.45) is 25.7. The number of methoxy groups -OCH3 is 2. The summed E-state index contributed by atoms with van der Waals surface area (Å²) < 4.78 is 17.2. The van der Waals surface area contributed by atoms with E-state index in [1.807, 2.05) is 30.3 Å². The van der Waals surface area contributed by atoms with Crippen LogP contribution in [0.25, 0.3) is 0 Å². The summed E-state index contributed by atoms with van der Waals surface area (Å²) in [5.41, 5.74) is 0.900. The van der Waals surface area contributed by atoms with Gasteiger partial charge >= 0.3 is 35.5 Å². The Morgan fingerprint density at radius 3 is 1.41 bits per heavy atom. The molecule has 1 aromatic carbocycles. The second-order valence-electron chi connectivity index (χ2n) is 29.0. The molecular formula is C67H117NaO8. The molecular weight excluding hydrogens is 956 g/mol. The number of fused-ring (bicyclic) bond motifs is 10. The molecule has 8 nitrogen and oxygen atoms in total. The zero-order valence-electron chi connectivity index (χ0n) is 49.5. The second-order valence-corrected chi connectivity index (χ2v) is 29.0. The number of benzene rings is 1. The van der Waals surface area contributed by atoms with Crippen molar-refractivity contribution in [3.05, 3.63) is 35.9 Å². The fourth-order valence-electron chi connectivity index (χ4n) is 20.3. The molecule has 8 aliphatic rings. The van der Waals surface area contributed by atoms with Gasteiger partial charge in [0.15, 0.2) is 0 Å². The van der Waals surface area contributed by atoms with E-state index in [9.17, 15) is 20.1 Å². The first-order valence-corrected chi connectivity index (χ1v) is 30.4. The van der Waals surface area contributed by atoms with Gasteiger partial charge in [-0.25, -0.2) is 4.79 Å². The van der Waals surface area contributed by atoms with Gasteiger partial charge in [0.2, 0.25) is 0 Å². The van der Waals surface area contributed by atoms with E-state index in [2.05, 4.69) is 69.2 Å². The number of carbonyl (C=O) groups excluding carboxylic acids is 1. The van der Waals surface area contributed by atoms with Crippen LogP contribution >= 0.6 is 0 Å². The Hall–Kier alpha value is -0.550. The molecule has 434 valence electrons. The SMILES string of the molecule is C.C.COC[C@]1(O)CC[C@@]2(C)[C@@H](CC[C@@H]3[C@@H]2CC[C@]2(C)[C@@H]([C@H](C)[C@@H](O)CCC(C)C)CC[C@@H]32)C1.COC[C@]1(O)CC[C@@]2(C)[C@@H](CC[C@@H]3[C@@H]2CC[C@]2(C)[C@@H]([C@H](C)[C@H](CCC(C)C)OC(=O)c4ccccc4)CC[C@@H]32)C1.[Na+].[OH-]. The summed E-state index contributed by atoms with van der Waals surface area (Å²) in [6, 6.07) is 9.54. The van der Waals surface area contributed by atoms with Crippen molar-refractivity contribution in [2.45, 2.75) is 249 Å². The van der Waals surface area contributed by atoms with Crippen LogP contribution in [0.15, 0.2) is 30.3 Å². The van der Waals surface area contributed by atoms with Crippen molar-refractivity contribution in [2.75, 3.05) is 27.4 Å². The summed E-state index contributed by atoms with van der Waals surface area (Å²) in [5.74, 6) is 9.29. The van der Waals surface area contributed by atoms with Gasteiger partial charge in [0, 0.05) is 14.2 Å². The summed E-state index contributed by atoms with van der Waals surface area (Å²) in [5, 5.41) is 33.3. The van der Waals surface area contributed by atoms with Gasteiger partial charge in [-0.2, -0.15) is 0 Å². The van der Waals surface area contributed by atoms with Gasteiger partial charge in [0.1, 0.15) is 6.10 Å². The van der Waals surface area contributed by atoms with Gasteiger partial charge in [-0.3, -0.25) is 0 Å². The van der Waals surface area contributed by atoms with Crippen molar-refractivity contribution >= 4 is 5.97 Å². The third kappa shape index (κ3) is 13.4. The smallest absolute Gasteiger partial charge is 0.870 e. The molecule has 0 amide bonds. The predicted molar refractivity (Wildman–Crippen MR) is 308 cm³/mol. The third-order valence-corrected chi connectivity index (χ3v) is 24.4.